The second-order valence-corrected chi connectivity index (χ2v) is 8.39. The van der Waals surface area contributed by atoms with Gasteiger partial charge in [0.05, 0.1) is 6.54 Å². The second kappa shape index (κ2) is 9.76. The van der Waals surface area contributed by atoms with Gasteiger partial charge < -0.3 is 13.3 Å². The minimum Gasteiger partial charge on any atom is -0.374 e. The zero-order chi connectivity index (χ0) is 18.1. The van der Waals surface area contributed by atoms with Gasteiger partial charge in [-0.3, -0.25) is 0 Å². The SMILES string of the molecule is CCO[Si](CCCn1nnc(-c2ccc(C)cc2)n1)(OCC)OCC. The molecule has 1 aromatic heterocycles. The van der Waals surface area contributed by atoms with E-state index in [1.165, 1.54) is 5.56 Å². The Labute approximate surface area is 150 Å². The van der Waals surface area contributed by atoms with E-state index in [2.05, 4.69) is 22.3 Å². The standard InChI is InChI=1S/C17H28N4O3Si/c1-5-22-25(23-6-2,24-7-3)14-8-13-21-19-17(18-20-21)16-11-9-15(4)10-12-16/h9-12H,5-8,13-14H2,1-4H3. The Kier molecular flexibility index (Phi) is 7.70. The van der Waals surface area contributed by atoms with Crippen LogP contribution in [0.5, 0.6) is 0 Å². The lowest BCUT2D eigenvalue weighted by Crippen LogP contribution is -2.46. The van der Waals surface area contributed by atoms with Crippen LogP contribution in [0.4, 0.5) is 0 Å². The molecule has 0 saturated carbocycles. The molecule has 2 aromatic rings. The molecule has 0 amide bonds. The summed E-state index contributed by atoms with van der Waals surface area (Å²) in [7, 11) is -2.60. The Morgan fingerprint density at radius 1 is 0.960 bits per heavy atom. The van der Waals surface area contributed by atoms with Gasteiger partial charge in [0.25, 0.3) is 0 Å². The molecular weight excluding hydrogens is 336 g/mol. The van der Waals surface area contributed by atoms with Gasteiger partial charge in [-0.05, 0) is 39.3 Å². The quantitative estimate of drug-likeness (QED) is 0.571. The van der Waals surface area contributed by atoms with E-state index in [0.29, 0.717) is 32.2 Å². The van der Waals surface area contributed by atoms with Crippen molar-refractivity contribution in [3.8, 4) is 11.4 Å². The summed E-state index contributed by atoms with van der Waals surface area (Å²) in [5.41, 5.74) is 2.18. The van der Waals surface area contributed by atoms with Crippen molar-refractivity contribution in [3.05, 3.63) is 29.8 Å². The van der Waals surface area contributed by atoms with Gasteiger partial charge in [-0.1, -0.05) is 29.8 Å². The van der Waals surface area contributed by atoms with E-state index in [4.69, 9.17) is 13.3 Å². The van der Waals surface area contributed by atoms with Gasteiger partial charge in [0.15, 0.2) is 0 Å². The van der Waals surface area contributed by atoms with Crippen molar-refractivity contribution in [2.45, 2.75) is 46.7 Å². The van der Waals surface area contributed by atoms with Crippen molar-refractivity contribution in [1.82, 2.24) is 20.2 Å². The lowest BCUT2D eigenvalue weighted by atomic mass is 10.1. The van der Waals surface area contributed by atoms with Gasteiger partial charge in [-0.25, -0.2) is 0 Å². The molecule has 0 atom stereocenters. The zero-order valence-electron chi connectivity index (χ0n) is 15.6. The fourth-order valence-electron chi connectivity index (χ4n) is 2.59. The van der Waals surface area contributed by atoms with Crippen molar-refractivity contribution < 1.29 is 13.3 Å². The number of hydrogen-bond acceptors (Lipinski definition) is 6. The van der Waals surface area contributed by atoms with Crippen LogP contribution in [0.1, 0.15) is 32.8 Å². The first-order valence-corrected chi connectivity index (χ1v) is 10.8. The highest BCUT2D eigenvalue weighted by Gasteiger charge is 2.39. The molecule has 0 aliphatic rings. The largest absolute Gasteiger partial charge is 0.500 e. The van der Waals surface area contributed by atoms with Crippen molar-refractivity contribution in [2.24, 2.45) is 0 Å². The highest BCUT2D eigenvalue weighted by molar-refractivity contribution is 6.60. The first kappa shape index (κ1) is 19.7. The number of aryl methyl sites for hydroxylation is 2. The number of hydrogen-bond donors (Lipinski definition) is 0. The van der Waals surface area contributed by atoms with Crippen LogP contribution in [0.15, 0.2) is 24.3 Å². The van der Waals surface area contributed by atoms with Crippen molar-refractivity contribution >= 4 is 8.80 Å². The van der Waals surface area contributed by atoms with Crippen LogP contribution in [0, 0.1) is 6.92 Å². The molecule has 138 valence electrons. The van der Waals surface area contributed by atoms with Crippen molar-refractivity contribution in [2.75, 3.05) is 19.8 Å². The van der Waals surface area contributed by atoms with E-state index < -0.39 is 8.80 Å². The summed E-state index contributed by atoms with van der Waals surface area (Å²) >= 11 is 0. The predicted octanol–water partition coefficient (Wildman–Crippen LogP) is 3.09. The van der Waals surface area contributed by atoms with Gasteiger partial charge in [0, 0.05) is 31.4 Å². The molecule has 7 nitrogen and oxygen atoms in total. The summed E-state index contributed by atoms with van der Waals surface area (Å²) in [5, 5.41) is 12.7. The summed E-state index contributed by atoms with van der Waals surface area (Å²) in [6.45, 7) is 10.4. The minimum atomic E-state index is -2.60. The molecule has 8 heteroatoms. The molecule has 0 bridgehead atoms. The van der Waals surface area contributed by atoms with Crippen molar-refractivity contribution in [3.63, 3.8) is 0 Å². The molecule has 2 rings (SSSR count). The number of tetrazole rings is 1. The van der Waals surface area contributed by atoms with Crippen LogP contribution < -0.4 is 0 Å². The molecule has 0 radical (unpaired) electrons. The summed E-state index contributed by atoms with van der Waals surface area (Å²) < 4.78 is 17.6. The Bertz CT molecular complexity index is 616. The number of nitrogens with zero attached hydrogens (tertiary/aromatic N) is 4. The van der Waals surface area contributed by atoms with E-state index in [1.54, 1.807) is 4.80 Å². The first-order valence-electron chi connectivity index (χ1n) is 8.89. The minimum absolute atomic E-state index is 0.589. The monoisotopic (exact) mass is 364 g/mol. The molecule has 0 unspecified atom stereocenters. The topological polar surface area (TPSA) is 71.3 Å². The Hall–Kier alpha value is -1.61. The lowest BCUT2D eigenvalue weighted by molar-refractivity contribution is 0.0703. The maximum absolute atomic E-state index is 5.86. The van der Waals surface area contributed by atoms with Gasteiger partial charge in [0.2, 0.25) is 5.82 Å². The van der Waals surface area contributed by atoms with Crippen molar-refractivity contribution in [1.29, 1.82) is 0 Å². The van der Waals surface area contributed by atoms with E-state index in [9.17, 15) is 0 Å². The molecule has 0 saturated heterocycles. The maximum Gasteiger partial charge on any atom is 0.500 e. The number of rotatable bonds is 11. The lowest BCUT2D eigenvalue weighted by Gasteiger charge is -2.28. The van der Waals surface area contributed by atoms with E-state index in [-0.39, 0.29) is 0 Å². The third-order valence-electron chi connectivity index (χ3n) is 3.70. The zero-order valence-corrected chi connectivity index (χ0v) is 16.6. The molecule has 1 aromatic carbocycles. The third kappa shape index (κ3) is 5.70. The molecule has 0 spiro atoms. The van der Waals surface area contributed by atoms with Crippen LogP contribution in [-0.4, -0.2) is 48.8 Å². The van der Waals surface area contributed by atoms with E-state index in [0.717, 1.165) is 18.0 Å². The fourth-order valence-corrected chi connectivity index (χ4v) is 5.19. The normalized spacial score (nSPS) is 11.8. The molecule has 0 aliphatic carbocycles. The van der Waals surface area contributed by atoms with Crippen LogP contribution in [0.3, 0.4) is 0 Å². The van der Waals surface area contributed by atoms with E-state index >= 15 is 0 Å². The number of aromatic nitrogens is 4. The van der Waals surface area contributed by atoms with Gasteiger partial charge in [0.1, 0.15) is 0 Å². The fraction of sp³-hybridized carbons (Fsp3) is 0.588. The Morgan fingerprint density at radius 3 is 2.12 bits per heavy atom. The van der Waals surface area contributed by atoms with Crippen LogP contribution in [0.2, 0.25) is 6.04 Å². The summed E-state index contributed by atoms with van der Waals surface area (Å²) in [4.78, 5) is 1.62. The summed E-state index contributed by atoms with van der Waals surface area (Å²) in [5.74, 6) is 0.642. The smallest absolute Gasteiger partial charge is 0.374 e. The van der Waals surface area contributed by atoms with Gasteiger partial charge in [-0.15, -0.1) is 10.2 Å². The Balaban J connectivity index is 1.95. The molecule has 0 aliphatic heterocycles. The average molecular weight is 365 g/mol. The van der Waals surface area contributed by atoms with E-state index in [1.807, 2.05) is 45.0 Å². The first-order chi connectivity index (χ1) is 12.1. The molecule has 0 fully saturated rings. The van der Waals surface area contributed by atoms with Crippen LogP contribution in [0.25, 0.3) is 11.4 Å². The Morgan fingerprint density at radius 2 is 1.56 bits per heavy atom. The molecule has 25 heavy (non-hydrogen) atoms. The molecular formula is C17H28N4O3Si. The average Bonchev–Trinajstić information content (AvgIpc) is 3.05. The highest BCUT2D eigenvalue weighted by Crippen LogP contribution is 2.19. The predicted molar refractivity (Wildman–Crippen MR) is 98.0 cm³/mol. The molecule has 0 N–H and O–H groups in total. The summed E-state index contributed by atoms with van der Waals surface area (Å²) in [6.07, 6.45) is 0.815. The van der Waals surface area contributed by atoms with Crippen LogP contribution >= 0.6 is 0 Å². The van der Waals surface area contributed by atoms with Crippen LogP contribution in [-0.2, 0) is 19.8 Å². The third-order valence-corrected chi connectivity index (χ3v) is 6.85. The highest BCUT2D eigenvalue weighted by atomic mass is 28.4. The van der Waals surface area contributed by atoms with Gasteiger partial charge in [-0.2, -0.15) is 4.80 Å². The number of benzene rings is 1. The maximum atomic E-state index is 5.86. The molecule has 1 heterocycles. The summed E-state index contributed by atoms with van der Waals surface area (Å²) in [6, 6.07) is 8.84. The van der Waals surface area contributed by atoms with Gasteiger partial charge >= 0.3 is 8.80 Å². The second-order valence-electron chi connectivity index (χ2n) is 5.66.